The summed E-state index contributed by atoms with van der Waals surface area (Å²) in [7, 11) is 0. The van der Waals surface area contributed by atoms with E-state index in [0.29, 0.717) is 17.5 Å². The molecule has 1 amide bonds. The molecule has 0 atom stereocenters. The normalized spacial score (nSPS) is 15.8. The number of carbonyl (C=O) groups excluding carboxylic acids is 1. The monoisotopic (exact) mass is 370 g/mol. The van der Waals surface area contributed by atoms with Crippen LogP contribution < -0.4 is 5.32 Å². The van der Waals surface area contributed by atoms with Gasteiger partial charge in [-0.15, -0.1) is 0 Å². The minimum absolute atomic E-state index is 0.0142. The largest absolute Gasteiger partial charge is 0.323 e. The maximum absolute atomic E-state index is 12.4. The number of rotatable bonds is 5. The second kappa shape index (κ2) is 8.70. The molecule has 26 heavy (non-hydrogen) atoms. The van der Waals surface area contributed by atoms with Gasteiger partial charge in [-0.25, -0.2) is 0 Å². The highest BCUT2D eigenvalue weighted by Crippen LogP contribution is 2.27. The van der Waals surface area contributed by atoms with Gasteiger partial charge in [0.1, 0.15) is 0 Å². The van der Waals surface area contributed by atoms with Crippen molar-refractivity contribution in [1.82, 2.24) is 4.90 Å². The van der Waals surface area contributed by atoms with Gasteiger partial charge in [0, 0.05) is 0 Å². The summed E-state index contributed by atoms with van der Waals surface area (Å²) in [5.74, 6) is 0.728. The van der Waals surface area contributed by atoms with Crippen molar-refractivity contribution in [1.29, 1.82) is 0 Å². The zero-order valence-electron chi connectivity index (χ0n) is 15.6. The van der Waals surface area contributed by atoms with Crippen LogP contribution in [0, 0.1) is 19.8 Å². The highest BCUT2D eigenvalue weighted by atomic mass is 35.5. The second-order valence-electron chi connectivity index (χ2n) is 7.40. The fraction of sp³-hybridized carbons (Fsp3) is 0.409. The van der Waals surface area contributed by atoms with E-state index in [1.165, 1.54) is 5.56 Å². The van der Waals surface area contributed by atoms with E-state index in [0.717, 1.165) is 49.2 Å². The molecule has 2 aromatic rings. The van der Waals surface area contributed by atoms with Gasteiger partial charge in [-0.1, -0.05) is 48.0 Å². The molecule has 0 spiro atoms. The maximum atomic E-state index is 12.4. The molecule has 3 nitrogen and oxygen atoms in total. The smallest absolute Gasteiger partial charge is 0.238 e. The van der Waals surface area contributed by atoms with Gasteiger partial charge < -0.3 is 5.32 Å². The Bertz CT molecular complexity index is 729. The standard InChI is InChI=1S/C22H27ClN2O/c1-16-12-17(2)22(20(23)13-16)24-21(26)15-25-10-8-19(9-11-25)14-18-6-4-3-5-7-18/h3-7,12-13,19H,8-11,14-15H2,1-2H3,(H,24,26). The molecule has 1 saturated heterocycles. The number of nitrogens with zero attached hydrogens (tertiary/aromatic N) is 1. The van der Waals surface area contributed by atoms with Gasteiger partial charge in [-0.2, -0.15) is 0 Å². The highest BCUT2D eigenvalue weighted by Gasteiger charge is 2.21. The number of carbonyl (C=O) groups is 1. The van der Waals surface area contributed by atoms with Gasteiger partial charge in [0.15, 0.2) is 0 Å². The zero-order chi connectivity index (χ0) is 18.5. The molecular formula is C22H27ClN2O. The summed E-state index contributed by atoms with van der Waals surface area (Å²) in [4.78, 5) is 14.7. The predicted molar refractivity (Wildman–Crippen MR) is 109 cm³/mol. The molecule has 4 heteroatoms. The Balaban J connectivity index is 1.48. The van der Waals surface area contributed by atoms with Crippen LogP contribution in [0.2, 0.25) is 5.02 Å². The lowest BCUT2D eigenvalue weighted by molar-refractivity contribution is -0.117. The van der Waals surface area contributed by atoms with E-state index < -0.39 is 0 Å². The average Bonchev–Trinajstić information content (AvgIpc) is 2.61. The van der Waals surface area contributed by atoms with E-state index in [9.17, 15) is 4.79 Å². The Morgan fingerprint density at radius 1 is 1.15 bits per heavy atom. The van der Waals surface area contributed by atoms with Gasteiger partial charge in [0.25, 0.3) is 0 Å². The van der Waals surface area contributed by atoms with Crippen LogP contribution in [0.25, 0.3) is 0 Å². The number of aryl methyl sites for hydroxylation is 2. The highest BCUT2D eigenvalue weighted by molar-refractivity contribution is 6.34. The molecule has 138 valence electrons. The predicted octanol–water partition coefficient (Wildman–Crippen LogP) is 4.85. The third-order valence-corrected chi connectivity index (χ3v) is 5.44. The Labute approximate surface area is 161 Å². The van der Waals surface area contributed by atoms with E-state index >= 15 is 0 Å². The lowest BCUT2D eigenvalue weighted by Gasteiger charge is -2.31. The maximum Gasteiger partial charge on any atom is 0.238 e. The van der Waals surface area contributed by atoms with Gasteiger partial charge in [-0.05, 0) is 74.9 Å². The van der Waals surface area contributed by atoms with Crippen molar-refractivity contribution in [3.63, 3.8) is 0 Å². The molecule has 0 bridgehead atoms. The van der Waals surface area contributed by atoms with Crippen molar-refractivity contribution in [3.05, 3.63) is 64.2 Å². The summed E-state index contributed by atoms with van der Waals surface area (Å²) >= 11 is 6.29. The number of piperidine rings is 1. The number of benzene rings is 2. The molecule has 0 unspecified atom stereocenters. The molecule has 1 aliphatic rings. The quantitative estimate of drug-likeness (QED) is 0.815. The average molecular weight is 371 g/mol. The van der Waals surface area contributed by atoms with Crippen molar-refractivity contribution in [2.45, 2.75) is 33.1 Å². The Morgan fingerprint density at radius 3 is 2.50 bits per heavy atom. The minimum Gasteiger partial charge on any atom is -0.323 e. The summed E-state index contributed by atoms with van der Waals surface area (Å²) in [5.41, 5.74) is 4.25. The van der Waals surface area contributed by atoms with Crippen molar-refractivity contribution in [2.75, 3.05) is 25.0 Å². The lowest BCUT2D eigenvalue weighted by atomic mass is 9.90. The van der Waals surface area contributed by atoms with Gasteiger partial charge >= 0.3 is 0 Å². The van der Waals surface area contributed by atoms with E-state index in [-0.39, 0.29) is 5.91 Å². The number of hydrogen-bond acceptors (Lipinski definition) is 2. The van der Waals surface area contributed by atoms with Crippen LogP contribution in [0.5, 0.6) is 0 Å². The fourth-order valence-corrected chi connectivity index (χ4v) is 4.12. The van der Waals surface area contributed by atoms with Crippen LogP contribution >= 0.6 is 11.6 Å². The Kier molecular flexibility index (Phi) is 6.33. The van der Waals surface area contributed by atoms with Crippen LogP contribution in [0.15, 0.2) is 42.5 Å². The molecule has 1 N–H and O–H groups in total. The third-order valence-electron chi connectivity index (χ3n) is 5.14. The number of nitrogens with one attached hydrogen (secondary N) is 1. The summed E-state index contributed by atoms with van der Waals surface area (Å²) in [6, 6.07) is 14.6. The molecule has 0 aromatic heterocycles. The van der Waals surface area contributed by atoms with Crippen LogP contribution in [-0.4, -0.2) is 30.4 Å². The topological polar surface area (TPSA) is 32.3 Å². The van der Waals surface area contributed by atoms with Gasteiger partial charge in [-0.3, -0.25) is 9.69 Å². The fourth-order valence-electron chi connectivity index (χ4n) is 3.75. The van der Waals surface area contributed by atoms with Crippen molar-refractivity contribution < 1.29 is 4.79 Å². The molecule has 1 fully saturated rings. The molecule has 3 rings (SSSR count). The molecule has 1 aliphatic heterocycles. The number of likely N-dealkylation sites (tertiary alicyclic amines) is 1. The summed E-state index contributed by atoms with van der Waals surface area (Å²) in [6.45, 7) is 6.37. The van der Waals surface area contributed by atoms with E-state index in [1.54, 1.807) is 0 Å². The first-order valence-corrected chi connectivity index (χ1v) is 9.72. The Hall–Kier alpha value is -1.84. The Morgan fingerprint density at radius 2 is 1.85 bits per heavy atom. The van der Waals surface area contributed by atoms with Crippen molar-refractivity contribution in [2.24, 2.45) is 5.92 Å². The lowest BCUT2D eigenvalue weighted by Crippen LogP contribution is -2.39. The number of amides is 1. The second-order valence-corrected chi connectivity index (χ2v) is 7.80. The number of anilines is 1. The first-order chi connectivity index (χ1) is 12.5. The van der Waals surface area contributed by atoms with Crippen LogP contribution in [0.4, 0.5) is 5.69 Å². The molecule has 0 aliphatic carbocycles. The minimum atomic E-state index is 0.0142. The van der Waals surface area contributed by atoms with E-state index in [2.05, 4.69) is 40.5 Å². The van der Waals surface area contributed by atoms with E-state index in [1.807, 2.05) is 26.0 Å². The summed E-state index contributed by atoms with van der Waals surface area (Å²) < 4.78 is 0. The SMILES string of the molecule is Cc1cc(C)c(NC(=O)CN2CCC(Cc3ccccc3)CC2)c(Cl)c1. The summed E-state index contributed by atoms with van der Waals surface area (Å²) in [6.07, 6.45) is 3.43. The first-order valence-electron chi connectivity index (χ1n) is 9.34. The summed E-state index contributed by atoms with van der Waals surface area (Å²) in [5, 5.41) is 3.60. The van der Waals surface area contributed by atoms with Crippen LogP contribution in [-0.2, 0) is 11.2 Å². The van der Waals surface area contributed by atoms with Crippen molar-refractivity contribution >= 4 is 23.2 Å². The van der Waals surface area contributed by atoms with Gasteiger partial charge in [0.05, 0.1) is 17.3 Å². The zero-order valence-corrected chi connectivity index (χ0v) is 16.4. The molecule has 0 saturated carbocycles. The molecule has 2 aromatic carbocycles. The first kappa shape index (κ1) is 18.9. The van der Waals surface area contributed by atoms with Crippen molar-refractivity contribution in [3.8, 4) is 0 Å². The number of halogens is 1. The van der Waals surface area contributed by atoms with Crippen LogP contribution in [0.3, 0.4) is 0 Å². The molecule has 0 radical (unpaired) electrons. The number of hydrogen-bond donors (Lipinski definition) is 1. The molecular weight excluding hydrogens is 344 g/mol. The van der Waals surface area contributed by atoms with Crippen LogP contribution in [0.1, 0.15) is 29.5 Å². The molecule has 1 heterocycles. The van der Waals surface area contributed by atoms with E-state index in [4.69, 9.17) is 11.6 Å². The van der Waals surface area contributed by atoms with Gasteiger partial charge in [0.2, 0.25) is 5.91 Å². The third kappa shape index (κ3) is 5.09.